The van der Waals surface area contributed by atoms with Crippen LogP contribution in [0.4, 0.5) is 5.69 Å². The molecule has 0 saturated heterocycles. The van der Waals surface area contributed by atoms with Crippen molar-refractivity contribution < 1.29 is 19.1 Å². The average Bonchev–Trinajstić information content (AvgIpc) is 3.26. The zero-order chi connectivity index (χ0) is 22.1. The van der Waals surface area contributed by atoms with Crippen molar-refractivity contribution in [1.82, 2.24) is 15.5 Å². The number of amides is 2. The molecule has 162 valence electrons. The molecule has 2 N–H and O–H groups in total. The number of hydrogen-bond donors (Lipinski definition) is 2. The molecule has 0 aliphatic rings. The molecule has 3 rings (SSSR count). The number of rotatable bonds is 10. The van der Waals surface area contributed by atoms with Gasteiger partial charge in [0.1, 0.15) is 12.4 Å². The third-order valence-electron chi connectivity index (χ3n) is 4.24. The van der Waals surface area contributed by atoms with Crippen molar-refractivity contribution in [2.75, 3.05) is 25.6 Å². The van der Waals surface area contributed by atoms with Crippen LogP contribution in [0.2, 0.25) is 0 Å². The van der Waals surface area contributed by atoms with E-state index in [0.29, 0.717) is 29.4 Å². The van der Waals surface area contributed by atoms with Crippen LogP contribution in [-0.4, -0.2) is 42.3 Å². The summed E-state index contributed by atoms with van der Waals surface area (Å²) in [7, 11) is 1.62. The summed E-state index contributed by atoms with van der Waals surface area (Å²) in [5, 5.41) is 14.3. The minimum Gasteiger partial charge on any atom is -0.486 e. The highest BCUT2D eigenvalue weighted by atomic mass is 32.1. The van der Waals surface area contributed by atoms with E-state index in [0.717, 1.165) is 29.1 Å². The van der Waals surface area contributed by atoms with Crippen LogP contribution in [0.5, 0.6) is 5.75 Å². The van der Waals surface area contributed by atoms with E-state index in [1.165, 1.54) is 0 Å². The van der Waals surface area contributed by atoms with Crippen LogP contribution < -0.4 is 15.4 Å². The van der Waals surface area contributed by atoms with Crippen molar-refractivity contribution in [3.63, 3.8) is 0 Å². The van der Waals surface area contributed by atoms with Gasteiger partial charge in [-0.3, -0.25) is 9.59 Å². The molecule has 9 heteroatoms. The summed E-state index contributed by atoms with van der Waals surface area (Å²) < 4.78 is 10.6. The maximum atomic E-state index is 12.5. The number of aromatic nitrogens is 2. The number of carbonyl (C=O) groups is 2. The molecule has 3 aromatic rings. The number of methoxy groups -OCH3 is 1. The van der Waals surface area contributed by atoms with Gasteiger partial charge < -0.3 is 20.1 Å². The number of anilines is 1. The minimum absolute atomic E-state index is 0.210. The Bertz CT molecular complexity index is 1020. The van der Waals surface area contributed by atoms with Gasteiger partial charge in [0, 0.05) is 31.5 Å². The second-order valence-electron chi connectivity index (χ2n) is 6.74. The fraction of sp³-hybridized carbons (Fsp3) is 0.273. The van der Waals surface area contributed by atoms with E-state index in [1.54, 1.807) is 31.4 Å². The van der Waals surface area contributed by atoms with Gasteiger partial charge in [-0.15, -0.1) is 10.2 Å². The fourth-order valence-corrected chi connectivity index (χ4v) is 3.27. The van der Waals surface area contributed by atoms with Crippen molar-refractivity contribution in [2.45, 2.75) is 20.0 Å². The second-order valence-corrected chi connectivity index (χ2v) is 7.80. The van der Waals surface area contributed by atoms with Crippen molar-refractivity contribution in [3.05, 3.63) is 69.7 Å². The molecular weight excluding hydrogens is 416 g/mol. The smallest absolute Gasteiger partial charge is 0.286 e. The highest BCUT2D eigenvalue weighted by molar-refractivity contribution is 7.13. The van der Waals surface area contributed by atoms with Gasteiger partial charge in [-0.25, -0.2) is 0 Å². The molecule has 2 aromatic carbocycles. The Labute approximate surface area is 184 Å². The standard InChI is InChI=1S/C22H24N4O4S/c1-15-7-9-18(10-8-15)30-14-19-25-26-22(31-19)21(28)24-17-6-3-5-16(13-17)20(27)23-11-4-12-29-2/h3,5-10,13H,4,11-12,14H2,1-2H3,(H,23,27)(H,24,28). The summed E-state index contributed by atoms with van der Waals surface area (Å²) in [5.74, 6) is 0.125. The van der Waals surface area contributed by atoms with Crippen molar-refractivity contribution in [3.8, 4) is 5.75 Å². The van der Waals surface area contributed by atoms with Crippen LogP contribution in [0.3, 0.4) is 0 Å². The molecule has 0 aliphatic carbocycles. The first kappa shape index (κ1) is 22.4. The van der Waals surface area contributed by atoms with E-state index in [4.69, 9.17) is 9.47 Å². The summed E-state index contributed by atoms with van der Waals surface area (Å²) in [5.41, 5.74) is 2.11. The zero-order valence-electron chi connectivity index (χ0n) is 17.4. The van der Waals surface area contributed by atoms with Crippen LogP contribution in [-0.2, 0) is 11.3 Å². The molecule has 8 nitrogen and oxygen atoms in total. The SMILES string of the molecule is COCCCNC(=O)c1cccc(NC(=O)c2nnc(COc3ccc(C)cc3)s2)c1. The first-order valence-electron chi connectivity index (χ1n) is 9.75. The van der Waals surface area contributed by atoms with E-state index >= 15 is 0 Å². The van der Waals surface area contributed by atoms with Gasteiger partial charge in [0.2, 0.25) is 5.01 Å². The lowest BCUT2D eigenvalue weighted by atomic mass is 10.2. The molecule has 0 spiro atoms. The highest BCUT2D eigenvalue weighted by Gasteiger charge is 2.14. The summed E-state index contributed by atoms with van der Waals surface area (Å²) >= 11 is 1.16. The Balaban J connectivity index is 1.54. The number of ether oxygens (including phenoxy) is 2. The largest absolute Gasteiger partial charge is 0.486 e. The molecule has 2 amide bonds. The molecule has 0 aliphatic heterocycles. The Morgan fingerprint density at radius 1 is 1.06 bits per heavy atom. The number of nitrogens with one attached hydrogen (secondary N) is 2. The van der Waals surface area contributed by atoms with Gasteiger partial charge in [0.25, 0.3) is 11.8 Å². The number of hydrogen-bond acceptors (Lipinski definition) is 7. The van der Waals surface area contributed by atoms with Gasteiger partial charge in [-0.05, 0) is 43.7 Å². The van der Waals surface area contributed by atoms with Gasteiger partial charge in [0.05, 0.1) is 0 Å². The van der Waals surface area contributed by atoms with Gasteiger partial charge in [-0.2, -0.15) is 0 Å². The number of aryl methyl sites for hydroxylation is 1. The zero-order valence-corrected chi connectivity index (χ0v) is 18.2. The Morgan fingerprint density at radius 3 is 2.65 bits per heavy atom. The van der Waals surface area contributed by atoms with Crippen molar-refractivity contribution >= 4 is 28.8 Å². The molecule has 0 saturated carbocycles. The van der Waals surface area contributed by atoms with E-state index < -0.39 is 5.91 Å². The molecule has 31 heavy (non-hydrogen) atoms. The number of carbonyl (C=O) groups excluding carboxylic acids is 2. The third-order valence-corrected chi connectivity index (χ3v) is 5.13. The lowest BCUT2D eigenvalue weighted by Gasteiger charge is -2.07. The van der Waals surface area contributed by atoms with Gasteiger partial charge in [0.15, 0.2) is 5.01 Å². The first-order chi connectivity index (χ1) is 15.0. The normalized spacial score (nSPS) is 10.5. The Morgan fingerprint density at radius 2 is 1.87 bits per heavy atom. The first-order valence-corrected chi connectivity index (χ1v) is 10.6. The third kappa shape index (κ3) is 6.87. The quantitative estimate of drug-likeness (QED) is 0.468. The van der Waals surface area contributed by atoms with Gasteiger partial charge >= 0.3 is 0 Å². The van der Waals surface area contributed by atoms with Crippen molar-refractivity contribution in [2.24, 2.45) is 0 Å². The van der Waals surface area contributed by atoms with Crippen LogP contribution >= 0.6 is 11.3 Å². The fourth-order valence-electron chi connectivity index (χ4n) is 2.63. The number of nitrogens with zero attached hydrogens (tertiary/aromatic N) is 2. The Kier molecular flexibility index (Phi) is 8.08. The molecule has 1 aromatic heterocycles. The molecular formula is C22H24N4O4S. The summed E-state index contributed by atoms with van der Waals surface area (Å²) in [4.78, 5) is 24.7. The molecule has 0 bridgehead atoms. The predicted molar refractivity (Wildman–Crippen MR) is 119 cm³/mol. The topological polar surface area (TPSA) is 102 Å². The molecule has 0 atom stereocenters. The summed E-state index contributed by atoms with van der Waals surface area (Å²) in [6.07, 6.45) is 0.728. The van der Waals surface area contributed by atoms with E-state index in [-0.39, 0.29) is 17.5 Å². The van der Waals surface area contributed by atoms with E-state index in [2.05, 4.69) is 20.8 Å². The lowest BCUT2D eigenvalue weighted by Crippen LogP contribution is -2.25. The summed E-state index contributed by atoms with van der Waals surface area (Å²) in [6.45, 7) is 3.33. The van der Waals surface area contributed by atoms with Gasteiger partial charge in [-0.1, -0.05) is 35.1 Å². The lowest BCUT2D eigenvalue weighted by molar-refractivity contribution is 0.0947. The Hall–Kier alpha value is -3.30. The maximum absolute atomic E-state index is 12.5. The van der Waals surface area contributed by atoms with Crippen LogP contribution in [0, 0.1) is 6.92 Å². The monoisotopic (exact) mass is 440 g/mol. The second kappa shape index (κ2) is 11.2. The molecule has 1 heterocycles. The summed E-state index contributed by atoms with van der Waals surface area (Å²) in [6, 6.07) is 14.4. The molecule has 0 fully saturated rings. The van der Waals surface area contributed by atoms with Crippen LogP contribution in [0.15, 0.2) is 48.5 Å². The van der Waals surface area contributed by atoms with E-state index in [9.17, 15) is 9.59 Å². The van der Waals surface area contributed by atoms with Crippen LogP contribution in [0.1, 0.15) is 37.2 Å². The van der Waals surface area contributed by atoms with E-state index in [1.807, 2.05) is 31.2 Å². The average molecular weight is 441 g/mol. The molecule has 0 unspecified atom stereocenters. The minimum atomic E-state index is -0.392. The molecule has 0 radical (unpaired) electrons. The van der Waals surface area contributed by atoms with Crippen LogP contribution in [0.25, 0.3) is 0 Å². The highest BCUT2D eigenvalue weighted by Crippen LogP contribution is 2.18. The number of benzene rings is 2. The van der Waals surface area contributed by atoms with Crippen molar-refractivity contribution in [1.29, 1.82) is 0 Å². The predicted octanol–water partition coefficient (Wildman–Crippen LogP) is 3.44. The maximum Gasteiger partial charge on any atom is 0.286 e.